The summed E-state index contributed by atoms with van der Waals surface area (Å²) in [6.45, 7) is 5.68. The molecule has 2 aromatic heterocycles. The molecular formula is C14H15N3OS. The van der Waals surface area contributed by atoms with Gasteiger partial charge < -0.3 is 0 Å². The molecule has 2 aromatic rings. The molecule has 2 heterocycles. The number of anilines is 1. The number of carbonyl (C=O) groups excluding carboxylic acids is 1. The summed E-state index contributed by atoms with van der Waals surface area (Å²) < 4.78 is 0. The van der Waals surface area contributed by atoms with Gasteiger partial charge in [0, 0.05) is 12.3 Å². The second-order valence-corrected chi connectivity index (χ2v) is 5.36. The first-order valence-electron chi connectivity index (χ1n) is 5.91. The predicted molar refractivity (Wildman–Crippen MR) is 78.1 cm³/mol. The molecule has 0 fully saturated rings. The fourth-order valence-corrected chi connectivity index (χ4v) is 2.53. The highest BCUT2D eigenvalue weighted by molar-refractivity contribution is 7.19. The van der Waals surface area contributed by atoms with Crippen molar-refractivity contribution in [2.75, 3.05) is 5.32 Å². The van der Waals surface area contributed by atoms with Gasteiger partial charge in [0.1, 0.15) is 0 Å². The summed E-state index contributed by atoms with van der Waals surface area (Å²) in [6.07, 6.45) is 3.30. The van der Waals surface area contributed by atoms with Crippen molar-refractivity contribution in [3.63, 3.8) is 0 Å². The normalized spacial score (nSPS) is 10.1. The molecule has 4 nitrogen and oxygen atoms in total. The van der Waals surface area contributed by atoms with Crippen LogP contribution in [-0.4, -0.2) is 15.9 Å². The van der Waals surface area contributed by atoms with Gasteiger partial charge in [-0.15, -0.1) is 0 Å². The number of thiazole rings is 1. The van der Waals surface area contributed by atoms with E-state index in [-0.39, 0.29) is 5.91 Å². The summed E-state index contributed by atoms with van der Waals surface area (Å²) >= 11 is 1.43. The van der Waals surface area contributed by atoms with E-state index in [1.807, 2.05) is 39.0 Å². The van der Waals surface area contributed by atoms with Crippen LogP contribution >= 0.6 is 11.3 Å². The molecule has 0 aliphatic carbocycles. The van der Waals surface area contributed by atoms with Crippen molar-refractivity contribution in [3.8, 4) is 10.6 Å². The van der Waals surface area contributed by atoms with Gasteiger partial charge in [-0.25, -0.2) is 4.98 Å². The monoisotopic (exact) mass is 273 g/mol. The molecule has 0 saturated heterocycles. The van der Waals surface area contributed by atoms with Gasteiger partial charge in [0.05, 0.1) is 16.3 Å². The highest BCUT2D eigenvalue weighted by atomic mass is 32.1. The van der Waals surface area contributed by atoms with Crippen LogP contribution in [-0.2, 0) is 4.79 Å². The molecule has 0 spiro atoms. The molecule has 19 heavy (non-hydrogen) atoms. The van der Waals surface area contributed by atoms with E-state index in [0.29, 0.717) is 5.13 Å². The second kappa shape index (κ2) is 5.75. The Balaban J connectivity index is 2.23. The third-order valence-corrected chi connectivity index (χ3v) is 3.44. The fraction of sp³-hybridized carbons (Fsp3) is 0.214. The van der Waals surface area contributed by atoms with Gasteiger partial charge in [0.25, 0.3) is 0 Å². The van der Waals surface area contributed by atoms with Crippen LogP contribution in [0.25, 0.3) is 10.6 Å². The van der Waals surface area contributed by atoms with Crippen LogP contribution in [0.15, 0.2) is 36.0 Å². The van der Waals surface area contributed by atoms with Crippen LogP contribution in [0.5, 0.6) is 0 Å². The molecule has 0 bridgehead atoms. The van der Waals surface area contributed by atoms with E-state index < -0.39 is 0 Å². The van der Waals surface area contributed by atoms with Gasteiger partial charge in [-0.2, -0.15) is 0 Å². The van der Waals surface area contributed by atoms with Crippen LogP contribution in [0.2, 0.25) is 0 Å². The Hall–Kier alpha value is -2.01. The van der Waals surface area contributed by atoms with Crippen molar-refractivity contribution in [1.29, 1.82) is 0 Å². The standard InChI is InChI=1S/C14H15N3OS/c1-9(2)8-12(18)17-14-16-10(3)13(19-14)11-6-4-5-7-15-11/h4-8H,1-3H3,(H,16,17,18). The minimum Gasteiger partial charge on any atom is -0.298 e. The number of carbonyl (C=O) groups is 1. The van der Waals surface area contributed by atoms with E-state index in [0.717, 1.165) is 21.8 Å². The highest BCUT2D eigenvalue weighted by Crippen LogP contribution is 2.31. The van der Waals surface area contributed by atoms with Crippen LogP contribution < -0.4 is 5.32 Å². The van der Waals surface area contributed by atoms with Gasteiger partial charge in [-0.1, -0.05) is 23.0 Å². The number of aromatic nitrogens is 2. The highest BCUT2D eigenvalue weighted by Gasteiger charge is 2.11. The molecule has 1 N–H and O–H groups in total. The van der Waals surface area contributed by atoms with Gasteiger partial charge in [0.15, 0.2) is 5.13 Å². The van der Waals surface area contributed by atoms with Crippen molar-refractivity contribution in [2.24, 2.45) is 0 Å². The minimum atomic E-state index is -0.152. The zero-order valence-electron chi connectivity index (χ0n) is 11.1. The van der Waals surface area contributed by atoms with E-state index in [1.165, 1.54) is 11.3 Å². The Morgan fingerprint density at radius 1 is 1.37 bits per heavy atom. The molecule has 0 unspecified atom stereocenters. The zero-order chi connectivity index (χ0) is 13.8. The largest absolute Gasteiger partial charge is 0.298 e. The number of hydrogen-bond donors (Lipinski definition) is 1. The number of aryl methyl sites for hydroxylation is 1. The Kier molecular flexibility index (Phi) is 4.06. The molecule has 5 heteroatoms. The molecule has 0 aliphatic heterocycles. The number of amides is 1. The van der Waals surface area contributed by atoms with E-state index in [2.05, 4.69) is 15.3 Å². The van der Waals surface area contributed by atoms with E-state index >= 15 is 0 Å². The number of allylic oxidation sites excluding steroid dienone is 1. The van der Waals surface area contributed by atoms with E-state index in [1.54, 1.807) is 12.3 Å². The van der Waals surface area contributed by atoms with Crippen LogP contribution in [0, 0.1) is 6.92 Å². The third kappa shape index (κ3) is 3.48. The number of rotatable bonds is 3. The van der Waals surface area contributed by atoms with Crippen molar-refractivity contribution in [2.45, 2.75) is 20.8 Å². The maximum atomic E-state index is 11.6. The lowest BCUT2D eigenvalue weighted by Crippen LogP contribution is -2.07. The number of nitrogens with one attached hydrogen (secondary N) is 1. The molecule has 1 amide bonds. The quantitative estimate of drug-likeness (QED) is 0.872. The number of nitrogens with zero attached hydrogens (tertiary/aromatic N) is 2. The predicted octanol–water partition coefficient (Wildman–Crippen LogP) is 3.42. The number of hydrogen-bond acceptors (Lipinski definition) is 4. The molecule has 0 aromatic carbocycles. The second-order valence-electron chi connectivity index (χ2n) is 4.36. The van der Waals surface area contributed by atoms with Gasteiger partial charge in [-0.3, -0.25) is 15.1 Å². The SMILES string of the molecule is CC(C)=CC(=O)Nc1nc(C)c(-c2ccccn2)s1. The Labute approximate surface area is 116 Å². The lowest BCUT2D eigenvalue weighted by molar-refractivity contribution is -0.111. The summed E-state index contributed by atoms with van der Waals surface area (Å²) in [4.78, 5) is 21.3. The Morgan fingerprint density at radius 3 is 2.79 bits per heavy atom. The molecule has 0 aliphatic rings. The molecular weight excluding hydrogens is 258 g/mol. The van der Waals surface area contributed by atoms with E-state index in [9.17, 15) is 4.79 Å². The molecule has 0 radical (unpaired) electrons. The fourth-order valence-electron chi connectivity index (χ4n) is 1.59. The van der Waals surface area contributed by atoms with E-state index in [4.69, 9.17) is 0 Å². The summed E-state index contributed by atoms with van der Waals surface area (Å²) in [5.41, 5.74) is 2.70. The molecule has 98 valence electrons. The van der Waals surface area contributed by atoms with Crippen molar-refractivity contribution >= 4 is 22.4 Å². The first-order chi connectivity index (χ1) is 9.06. The minimum absolute atomic E-state index is 0.152. The first-order valence-corrected chi connectivity index (χ1v) is 6.72. The smallest absolute Gasteiger partial charge is 0.250 e. The van der Waals surface area contributed by atoms with Crippen LogP contribution in [0.4, 0.5) is 5.13 Å². The Morgan fingerprint density at radius 2 is 2.16 bits per heavy atom. The summed E-state index contributed by atoms with van der Waals surface area (Å²) in [7, 11) is 0. The van der Waals surface area contributed by atoms with Crippen molar-refractivity contribution < 1.29 is 4.79 Å². The maximum Gasteiger partial charge on any atom is 0.250 e. The average Bonchev–Trinajstić information content (AvgIpc) is 2.70. The van der Waals surface area contributed by atoms with Crippen molar-refractivity contribution in [1.82, 2.24) is 9.97 Å². The summed E-state index contributed by atoms with van der Waals surface area (Å²) in [6, 6.07) is 5.74. The third-order valence-electron chi connectivity index (χ3n) is 2.34. The first kappa shape index (κ1) is 13.4. The average molecular weight is 273 g/mol. The van der Waals surface area contributed by atoms with Gasteiger partial charge in [0.2, 0.25) is 5.91 Å². The Bertz CT molecular complexity index is 613. The number of pyridine rings is 1. The van der Waals surface area contributed by atoms with Crippen LogP contribution in [0.3, 0.4) is 0 Å². The molecule has 0 saturated carbocycles. The summed E-state index contributed by atoms with van der Waals surface area (Å²) in [5, 5.41) is 3.37. The van der Waals surface area contributed by atoms with Crippen molar-refractivity contribution in [3.05, 3.63) is 41.7 Å². The van der Waals surface area contributed by atoms with Gasteiger partial charge >= 0.3 is 0 Å². The zero-order valence-corrected chi connectivity index (χ0v) is 11.9. The van der Waals surface area contributed by atoms with Gasteiger partial charge in [-0.05, 0) is 32.9 Å². The molecule has 0 atom stereocenters. The van der Waals surface area contributed by atoms with Crippen LogP contribution in [0.1, 0.15) is 19.5 Å². The lowest BCUT2D eigenvalue weighted by atomic mass is 10.3. The summed E-state index contributed by atoms with van der Waals surface area (Å²) in [5.74, 6) is -0.152. The lowest BCUT2D eigenvalue weighted by Gasteiger charge is -1.96. The molecule has 2 rings (SSSR count). The maximum absolute atomic E-state index is 11.6. The topological polar surface area (TPSA) is 54.9 Å².